The van der Waals surface area contributed by atoms with E-state index in [9.17, 15) is 0 Å². The second kappa shape index (κ2) is 2.81. The first-order valence-corrected chi connectivity index (χ1v) is 4.81. The maximum atomic E-state index is 4.20. The Morgan fingerprint density at radius 3 is 3.31 bits per heavy atom. The van der Waals surface area contributed by atoms with Crippen LogP contribution in [-0.4, -0.2) is 18.3 Å². The molecule has 0 aromatic carbocycles. The third kappa shape index (κ3) is 1.09. The van der Waals surface area contributed by atoms with Crippen LogP contribution in [0.15, 0.2) is 29.4 Å². The molecule has 0 aromatic heterocycles. The van der Waals surface area contributed by atoms with Crippen LogP contribution >= 0.6 is 0 Å². The molecule has 2 nitrogen and oxygen atoms in total. The third-order valence-electron chi connectivity index (χ3n) is 3.05. The minimum absolute atomic E-state index is 0.475. The van der Waals surface area contributed by atoms with Crippen molar-refractivity contribution >= 4 is 6.21 Å². The minimum atomic E-state index is 0.475. The Hall–Kier alpha value is -0.890. The molecule has 3 rings (SSSR count). The highest BCUT2D eigenvalue weighted by atomic mass is 15.0. The highest BCUT2D eigenvalue weighted by molar-refractivity contribution is 5.67. The molecule has 13 heavy (non-hydrogen) atoms. The van der Waals surface area contributed by atoms with Crippen LogP contribution in [0, 0.1) is 18.3 Å². The van der Waals surface area contributed by atoms with Gasteiger partial charge in [-0.3, -0.25) is 4.99 Å². The first-order valence-electron chi connectivity index (χ1n) is 4.81. The van der Waals surface area contributed by atoms with Gasteiger partial charge in [0.05, 0.1) is 0 Å². The lowest BCUT2D eigenvalue weighted by atomic mass is 9.81. The summed E-state index contributed by atoms with van der Waals surface area (Å²) in [5, 5.41) is 3.57. The van der Waals surface area contributed by atoms with E-state index >= 15 is 0 Å². The van der Waals surface area contributed by atoms with Crippen LogP contribution in [0.3, 0.4) is 0 Å². The largest absolute Gasteiger partial charge is 0.303 e. The molecule has 4 unspecified atom stereocenters. The van der Waals surface area contributed by atoms with Crippen molar-refractivity contribution < 1.29 is 0 Å². The van der Waals surface area contributed by atoms with E-state index in [-0.39, 0.29) is 0 Å². The zero-order chi connectivity index (χ0) is 8.67. The van der Waals surface area contributed by atoms with Gasteiger partial charge in [-0.05, 0) is 24.8 Å². The fraction of sp³-hybridized carbons (Fsp3) is 0.455. The maximum absolute atomic E-state index is 4.20. The van der Waals surface area contributed by atoms with Crippen molar-refractivity contribution in [3.05, 3.63) is 30.8 Å². The summed E-state index contributed by atoms with van der Waals surface area (Å²) in [7, 11) is 0. The fourth-order valence-electron chi connectivity index (χ4n) is 2.42. The molecule has 1 aliphatic carbocycles. The van der Waals surface area contributed by atoms with E-state index in [1.54, 1.807) is 0 Å². The molecule has 2 aliphatic heterocycles. The third-order valence-corrected chi connectivity index (χ3v) is 3.05. The van der Waals surface area contributed by atoms with Crippen molar-refractivity contribution in [2.75, 3.05) is 0 Å². The molecule has 1 saturated heterocycles. The molecule has 66 valence electrons. The SMILES string of the molecule is [C]1CC=CC2NC3C=CN=CC3C12. The summed E-state index contributed by atoms with van der Waals surface area (Å²) in [6.45, 7) is 0. The van der Waals surface area contributed by atoms with E-state index in [1.165, 1.54) is 0 Å². The van der Waals surface area contributed by atoms with Crippen molar-refractivity contribution in [1.82, 2.24) is 5.32 Å². The molecular formula is C11H12N2. The zero-order valence-electron chi connectivity index (χ0n) is 7.35. The molecular weight excluding hydrogens is 160 g/mol. The van der Waals surface area contributed by atoms with Gasteiger partial charge in [0, 0.05) is 30.4 Å². The number of hydrogen-bond acceptors (Lipinski definition) is 2. The van der Waals surface area contributed by atoms with Crippen LogP contribution in [0.25, 0.3) is 0 Å². The first kappa shape index (κ1) is 7.51. The van der Waals surface area contributed by atoms with Crippen LogP contribution < -0.4 is 5.32 Å². The highest BCUT2D eigenvalue weighted by Crippen LogP contribution is 2.34. The average Bonchev–Trinajstić information content (AvgIpc) is 2.56. The van der Waals surface area contributed by atoms with Crippen molar-refractivity contribution in [3.63, 3.8) is 0 Å². The number of hydrogen-bond donors (Lipinski definition) is 1. The van der Waals surface area contributed by atoms with Gasteiger partial charge < -0.3 is 5.32 Å². The second-order valence-electron chi connectivity index (χ2n) is 3.80. The molecule has 1 N–H and O–H groups in total. The molecule has 3 aliphatic rings. The molecule has 4 atom stereocenters. The monoisotopic (exact) mass is 172 g/mol. The predicted octanol–water partition coefficient (Wildman–Crippen LogP) is 1.20. The van der Waals surface area contributed by atoms with E-state index in [2.05, 4.69) is 41.2 Å². The summed E-state index contributed by atoms with van der Waals surface area (Å²) in [6, 6.07) is 0.959. The van der Waals surface area contributed by atoms with E-state index in [4.69, 9.17) is 0 Å². The Morgan fingerprint density at radius 1 is 1.31 bits per heavy atom. The summed E-state index contributed by atoms with van der Waals surface area (Å²) in [5.41, 5.74) is 0. The summed E-state index contributed by atoms with van der Waals surface area (Å²) in [5.74, 6) is 1.06. The van der Waals surface area contributed by atoms with Gasteiger partial charge in [0.15, 0.2) is 0 Å². The second-order valence-corrected chi connectivity index (χ2v) is 3.80. The zero-order valence-corrected chi connectivity index (χ0v) is 7.35. The lowest BCUT2D eigenvalue weighted by molar-refractivity contribution is 0.509. The molecule has 1 fully saturated rings. The van der Waals surface area contributed by atoms with Crippen molar-refractivity contribution in [3.8, 4) is 0 Å². The number of nitrogens with zero attached hydrogens (tertiary/aromatic N) is 1. The van der Waals surface area contributed by atoms with Gasteiger partial charge in [-0.2, -0.15) is 0 Å². The summed E-state index contributed by atoms with van der Waals surface area (Å²) >= 11 is 0. The maximum Gasteiger partial charge on any atom is 0.0354 e. The number of allylic oxidation sites excluding steroid dienone is 1. The van der Waals surface area contributed by atoms with Crippen molar-refractivity contribution in [1.29, 1.82) is 0 Å². The standard InChI is InChI=1S/C11H12N2/c1-2-4-10-8(3-1)9-7-12-6-5-11(9)13-10/h2,4-11,13H,1H2. The van der Waals surface area contributed by atoms with E-state index < -0.39 is 0 Å². The molecule has 0 spiro atoms. The lowest BCUT2D eigenvalue weighted by Gasteiger charge is -2.22. The summed E-state index contributed by atoms with van der Waals surface area (Å²) < 4.78 is 0. The van der Waals surface area contributed by atoms with E-state index in [0.717, 1.165) is 6.42 Å². The van der Waals surface area contributed by atoms with Gasteiger partial charge >= 0.3 is 0 Å². The number of fused-ring (bicyclic) bond motifs is 3. The average molecular weight is 172 g/mol. The Balaban J connectivity index is 1.91. The van der Waals surface area contributed by atoms with Crippen molar-refractivity contribution in [2.24, 2.45) is 16.8 Å². The minimum Gasteiger partial charge on any atom is -0.303 e. The van der Waals surface area contributed by atoms with Gasteiger partial charge in [0.25, 0.3) is 0 Å². The smallest absolute Gasteiger partial charge is 0.0354 e. The molecule has 2 heteroatoms. The van der Waals surface area contributed by atoms with Crippen LogP contribution in [0.2, 0.25) is 0 Å². The number of aliphatic imine (C=N–C) groups is 1. The van der Waals surface area contributed by atoms with Crippen LogP contribution in [0.1, 0.15) is 6.42 Å². The summed E-state index contributed by atoms with van der Waals surface area (Å²) in [6.07, 6.45) is 15.0. The van der Waals surface area contributed by atoms with Crippen LogP contribution in [0.5, 0.6) is 0 Å². The predicted molar refractivity (Wildman–Crippen MR) is 52.3 cm³/mol. The quantitative estimate of drug-likeness (QED) is 0.545. The topological polar surface area (TPSA) is 24.4 Å². The molecule has 0 saturated carbocycles. The highest BCUT2D eigenvalue weighted by Gasteiger charge is 2.41. The number of nitrogens with one attached hydrogen (secondary N) is 1. The molecule has 2 heterocycles. The molecule has 2 radical (unpaired) electrons. The summed E-state index contributed by atoms with van der Waals surface area (Å²) in [4.78, 5) is 4.20. The molecule has 0 bridgehead atoms. The number of rotatable bonds is 0. The van der Waals surface area contributed by atoms with Gasteiger partial charge in [-0.25, -0.2) is 0 Å². The lowest BCUT2D eigenvalue weighted by Crippen LogP contribution is -2.30. The van der Waals surface area contributed by atoms with E-state index in [0.29, 0.717) is 23.9 Å². The van der Waals surface area contributed by atoms with Crippen molar-refractivity contribution in [2.45, 2.75) is 18.5 Å². The van der Waals surface area contributed by atoms with Gasteiger partial charge in [0.1, 0.15) is 0 Å². The Bertz CT molecular complexity index is 290. The van der Waals surface area contributed by atoms with Crippen LogP contribution in [0.4, 0.5) is 0 Å². The van der Waals surface area contributed by atoms with Gasteiger partial charge in [-0.1, -0.05) is 12.2 Å². The fourth-order valence-corrected chi connectivity index (χ4v) is 2.42. The molecule has 0 amide bonds. The Kier molecular flexibility index (Phi) is 1.62. The van der Waals surface area contributed by atoms with Gasteiger partial charge in [-0.15, -0.1) is 0 Å². The Labute approximate surface area is 78.4 Å². The molecule has 0 aromatic rings. The first-order chi connectivity index (χ1) is 6.45. The van der Waals surface area contributed by atoms with E-state index in [1.807, 2.05) is 6.20 Å². The normalized spacial score (nSPS) is 46.2. The van der Waals surface area contributed by atoms with Gasteiger partial charge in [0.2, 0.25) is 0 Å². The van der Waals surface area contributed by atoms with Crippen LogP contribution in [-0.2, 0) is 0 Å². The Morgan fingerprint density at radius 2 is 2.31 bits per heavy atom.